The molecular formula is C21H19FN6O2. The van der Waals surface area contributed by atoms with Crippen molar-refractivity contribution in [2.24, 2.45) is 7.05 Å². The van der Waals surface area contributed by atoms with Gasteiger partial charge in [-0.3, -0.25) is 9.48 Å². The Morgan fingerprint density at radius 3 is 2.67 bits per heavy atom. The highest BCUT2D eigenvalue weighted by atomic mass is 19.1. The van der Waals surface area contributed by atoms with Crippen molar-refractivity contribution in [1.29, 1.82) is 0 Å². The number of halogens is 1. The third-order valence-electron chi connectivity index (χ3n) is 4.41. The van der Waals surface area contributed by atoms with Crippen LogP contribution in [0.2, 0.25) is 0 Å². The maximum atomic E-state index is 15.3. The van der Waals surface area contributed by atoms with Crippen molar-refractivity contribution in [3.63, 3.8) is 0 Å². The van der Waals surface area contributed by atoms with Gasteiger partial charge in [0.1, 0.15) is 11.4 Å². The average molecular weight is 406 g/mol. The Labute approximate surface area is 171 Å². The molecule has 4 aromatic rings. The third kappa shape index (κ3) is 3.95. The first kappa shape index (κ1) is 19.4. The van der Waals surface area contributed by atoms with Crippen LogP contribution in [-0.4, -0.2) is 36.1 Å². The molecule has 1 atom stereocenters. The molecule has 152 valence electrons. The summed E-state index contributed by atoms with van der Waals surface area (Å²) >= 11 is 0. The molecule has 0 aliphatic rings. The van der Waals surface area contributed by atoms with E-state index in [9.17, 15) is 4.79 Å². The number of benzene rings is 1. The van der Waals surface area contributed by atoms with Gasteiger partial charge < -0.3 is 4.74 Å². The van der Waals surface area contributed by atoms with E-state index < -0.39 is 11.6 Å². The smallest absolute Gasteiger partial charge is 0.206 e. The Balaban J connectivity index is 1.66. The van der Waals surface area contributed by atoms with Crippen molar-refractivity contribution in [2.75, 3.05) is 6.61 Å². The summed E-state index contributed by atoms with van der Waals surface area (Å²) in [5.41, 5.74) is 0.860. The van der Waals surface area contributed by atoms with Gasteiger partial charge in [0.05, 0.1) is 31.4 Å². The van der Waals surface area contributed by atoms with Gasteiger partial charge in [0.15, 0.2) is 17.7 Å². The van der Waals surface area contributed by atoms with E-state index in [2.05, 4.69) is 20.2 Å². The lowest BCUT2D eigenvalue weighted by Gasteiger charge is -2.11. The summed E-state index contributed by atoms with van der Waals surface area (Å²) in [7, 11) is 1.76. The fourth-order valence-electron chi connectivity index (χ4n) is 2.97. The third-order valence-corrected chi connectivity index (χ3v) is 4.41. The summed E-state index contributed by atoms with van der Waals surface area (Å²) in [5.74, 6) is 0.992. The van der Waals surface area contributed by atoms with Crippen LogP contribution in [0.25, 0.3) is 17.1 Å². The zero-order valence-electron chi connectivity index (χ0n) is 16.4. The zero-order chi connectivity index (χ0) is 21.1. The van der Waals surface area contributed by atoms with Crippen LogP contribution < -0.4 is 10.2 Å². The van der Waals surface area contributed by atoms with Crippen molar-refractivity contribution < 1.29 is 9.13 Å². The summed E-state index contributed by atoms with van der Waals surface area (Å²) in [6, 6.07) is 7.98. The first-order valence-corrected chi connectivity index (χ1v) is 9.33. The minimum Gasteiger partial charge on any atom is -0.491 e. The minimum absolute atomic E-state index is 0.203. The van der Waals surface area contributed by atoms with Gasteiger partial charge in [-0.1, -0.05) is 18.2 Å². The van der Waals surface area contributed by atoms with Crippen LogP contribution in [0.1, 0.15) is 24.4 Å². The van der Waals surface area contributed by atoms with Gasteiger partial charge in [-0.2, -0.15) is 10.2 Å². The molecular weight excluding hydrogens is 387 g/mol. The molecule has 9 heteroatoms. The number of hydrogen-bond donors (Lipinski definition) is 0. The van der Waals surface area contributed by atoms with Crippen LogP contribution in [0.5, 0.6) is 5.75 Å². The highest BCUT2D eigenvalue weighted by Crippen LogP contribution is 2.26. The number of alkyl halides is 1. The number of aryl methyl sites for hydroxylation is 1. The molecule has 0 radical (unpaired) electrons. The SMILES string of the molecule is CCOc1cnc(-c2cccc(C(F)c3nn(-c4cnn(C)c4)ccc3=O)c2)nc1. The van der Waals surface area contributed by atoms with E-state index in [-0.39, 0.29) is 5.69 Å². The van der Waals surface area contributed by atoms with Crippen LogP contribution in [0.3, 0.4) is 0 Å². The Bertz CT molecular complexity index is 1220. The predicted molar refractivity (Wildman–Crippen MR) is 108 cm³/mol. The van der Waals surface area contributed by atoms with Gasteiger partial charge in [0.25, 0.3) is 0 Å². The van der Waals surface area contributed by atoms with E-state index in [1.807, 2.05) is 6.92 Å². The summed E-state index contributed by atoms with van der Waals surface area (Å²) in [5, 5.41) is 8.27. The monoisotopic (exact) mass is 406 g/mol. The molecule has 0 aliphatic heterocycles. The van der Waals surface area contributed by atoms with Crippen molar-refractivity contribution in [2.45, 2.75) is 13.1 Å². The molecule has 1 aromatic carbocycles. The van der Waals surface area contributed by atoms with E-state index in [4.69, 9.17) is 4.74 Å². The first-order chi connectivity index (χ1) is 14.5. The van der Waals surface area contributed by atoms with Gasteiger partial charge in [0, 0.05) is 24.9 Å². The van der Waals surface area contributed by atoms with Crippen molar-refractivity contribution >= 4 is 0 Å². The highest BCUT2D eigenvalue weighted by molar-refractivity contribution is 5.56. The van der Waals surface area contributed by atoms with E-state index >= 15 is 4.39 Å². The lowest BCUT2D eigenvalue weighted by molar-refractivity contribution is 0.337. The second-order valence-electron chi connectivity index (χ2n) is 6.55. The summed E-state index contributed by atoms with van der Waals surface area (Å²) in [6.07, 6.45) is 6.22. The van der Waals surface area contributed by atoms with Gasteiger partial charge in [-0.15, -0.1) is 0 Å². The molecule has 0 spiro atoms. The molecule has 0 N–H and O–H groups in total. The van der Waals surface area contributed by atoms with Crippen LogP contribution in [0, 0.1) is 0 Å². The van der Waals surface area contributed by atoms with Gasteiger partial charge >= 0.3 is 0 Å². The van der Waals surface area contributed by atoms with Crippen LogP contribution in [0.4, 0.5) is 4.39 Å². The van der Waals surface area contributed by atoms with Crippen molar-refractivity contribution in [3.05, 3.63) is 82.8 Å². The highest BCUT2D eigenvalue weighted by Gasteiger charge is 2.20. The molecule has 0 aliphatic carbocycles. The van der Waals surface area contributed by atoms with E-state index in [1.54, 1.807) is 60.8 Å². The summed E-state index contributed by atoms with van der Waals surface area (Å²) in [6.45, 7) is 2.39. The minimum atomic E-state index is -1.70. The first-order valence-electron chi connectivity index (χ1n) is 9.33. The molecule has 0 saturated heterocycles. The average Bonchev–Trinajstić information content (AvgIpc) is 3.21. The predicted octanol–water partition coefficient (Wildman–Crippen LogP) is 2.88. The number of nitrogens with zero attached hydrogens (tertiary/aromatic N) is 6. The Morgan fingerprint density at radius 1 is 1.17 bits per heavy atom. The van der Waals surface area contributed by atoms with Gasteiger partial charge in [0.2, 0.25) is 5.43 Å². The Hall–Kier alpha value is -3.88. The maximum Gasteiger partial charge on any atom is 0.206 e. The van der Waals surface area contributed by atoms with Gasteiger partial charge in [-0.05, 0) is 18.6 Å². The summed E-state index contributed by atoms with van der Waals surface area (Å²) in [4.78, 5) is 20.8. The molecule has 3 heterocycles. The summed E-state index contributed by atoms with van der Waals surface area (Å²) < 4.78 is 23.7. The molecule has 4 rings (SSSR count). The molecule has 3 aromatic heterocycles. The number of hydrogen-bond acceptors (Lipinski definition) is 6. The van der Waals surface area contributed by atoms with E-state index in [0.29, 0.717) is 35.0 Å². The number of aromatic nitrogens is 6. The normalized spacial score (nSPS) is 12.0. The molecule has 0 saturated carbocycles. The quantitative estimate of drug-likeness (QED) is 0.489. The second kappa shape index (κ2) is 8.24. The second-order valence-corrected chi connectivity index (χ2v) is 6.55. The number of rotatable bonds is 6. The zero-order valence-corrected chi connectivity index (χ0v) is 16.4. The molecule has 8 nitrogen and oxygen atoms in total. The number of ether oxygens (including phenoxy) is 1. The molecule has 1 unspecified atom stereocenters. The molecule has 30 heavy (non-hydrogen) atoms. The standard InChI is InChI=1S/C21H19FN6O2/c1-3-30-17-11-23-21(24-12-17)15-6-4-5-14(9-15)19(22)20-18(29)7-8-28(26-20)16-10-25-27(2)13-16/h4-13,19H,3H2,1-2H3. The molecule has 0 fully saturated rings. The van der Waals surface area contributed by atoms with E-state index in [0.717, 1.165) is 0 Å². The lowest BCUT2D eigenvalue weighted by atomic mass is 10.0. The van der Waals surface area contributed by atoms with Gasteiger partial charge in [-0.25, -0.2) is 19.0 Å². The molecule has 0 bridgehead atoms. The molecule has 0 amide bonds. The fourth-order valence-corrected chi connectivity index (χ4v) is 2.97. The van der Waals surface area contributed by atoms with E-state index in [1.165, 1.54) is 16.9 Å². The Morgan fingerprint density at radius 2 is 1.97 bits per heavy atom. The van der Waals surface area contributed by atoms with Crippen molar-refractivity contribution in [1.82, 2.24) is 29.5 Å². The van der Waals surface area contributed by atoms with Crippen LogP contribution in [-0.2, 0) is 7.05 Å². The van der Waals surface area contributed by atoms with Crippen LogP contribution in [0.15, 0.2) is 66.1 Å². The van der Waals surface area contributed by atoms with Crippen molar-refractivity contribution in [3.8, 4) is 22.8 Å². The topological polar surface area (TPSA) is 87.7 Å². The fraction of sp³-hybridized carbons (Fsp3) is 0.190. The van der Waals surface area contributed by atoms with Crippen LogP contribution >= 0.6 is 0 Å². The Kier molecular flexibility index (Phi) is 5.34. The maximum absolute atomic E-state index is 15.3. The largest absolute Gasteiger partial charge is 0.491 e. The lowest BCUT2D eigenvalue weighted by Crippen LogP contribution is -2.18.